The largest absolute Gasteiger partial charge is 0.326 e. The second-order valence-electron chi connectivity index (χ2n) is 4.50. The maximum atomic E-state index is 13.1. The molecule has 0 spiro atoms. The first-order chi connectivity index (χ1) is 10.5. The molecule has 0 fully saturated rings. The summed E-state index contributed by atoms with van der Waals surface area (Å²) in [7, 11) is 0. The number of carbonyl (C=O) groups excluding carboxylic acids is 1. The molecule has 0 saturated heterocycles. The van der Waals surface area contributed by atoms with Gasteiger partial charge in [-0.05, 0) is 29.6 Å². The van der Waals surface area contributed by atoms with Crippen molar-refractivity contribution in [1.82, 2.24) is 9.97 Å². The lowest BCUT2D eigenvalue weighted by molar-refractivity contribution is -0.115. The molecule has 3 aromatic rings. The van der Waals surface area contributed by atoms with Gasteiger partial charge in [0.1, 0.15) is 16.3 Å². The number of rotatable bonds is 3. The lowest BCUT2D eigenvalue weighted by atomic mass is 10.3. The summed E-state index contributed by atoms with van der Waals surface area (Å²) in [6, 6.07) is 5.59. The SMILES string of the molecule is O=C(Cc1nc2ccsc2c(=O)[nH]1)Nc1ccc(F)c(Cl)c1. The minimum Gasteiger partial charge on any atom is -0.326 e. The van der Waals surface area contributed by atoms with E-state index in [-0.39, 0.29) is 28.7 Å². The van der Waals surface area contributed by atoms with E-state index < -0.39 is 5.82 Å². The van der Waals surface area contributed by atoms with Crippen LogP contribution in [0, 0.1) is 5.82 Å². The normalized spacial score (nSPS) is 10.8. The van der Waals surface area contributed by atoms with Crippen molar-refractivity contribution in [3.05, 3.63) is 56.7 Å². The molecule has 0 radical (unpaired) electrons. The Morgan fingerprint density at radius 1 is 1.41 bits per heavy atom. The van der Waals surface area contributed by atoms with E-state index in [0.29, 0.717) is 15.9 Å². The molecule has 22 heavy (non-hydrogen) atoms. The quantitative estimate of drug-likeness (QED) is 0.771. The lowest BCUT2D eigenvalue weighted by Gasteiger charge is -2.06. The van der Waals surface area contributed by atoms with Gasteiger partial charge in [-0.25, -0.2) is 9.37 Å². The molecule has 0 atom stereocenters. The number of nitrogens with zero attached hydrogens (tertiary/aromatic N) is 1. The topological polar surface area (TPSA) is 74.8 Å². The van der Waals surface area contributed by atoms with Gasteiger partial charge in [-0.3, -0.25) is 9.59 Å². The van der Waals surface area contributed by atoms with Crippen LogP contribution in [0.5, 0.6) is 0 Å². The van der Waals surface area contributed by atoms with E-state index in [0.717, 1.165) is 6.07 Å². The van der Waals surface area contributed by atoms with Gasteiger partial charge in [0.25, 0.3) is 5.56 Å². The zero-order chi connectivity index (χ0) is 15.7. The van der Waals surface area contributed by atoms with E-state index in [1.807, 2.05) is 0 Å². The van der Waals surface area contributed by atoms with Crippen LogP contribution in [-0.4, -0.2) is 15.9 Å². The van der Waals surface area contributed by atoms with E-state index >= 15 is 0 Å². The summed E-state index contributed by atoms with van der Waals surface area (Å²) in [5.74, 6) is -0.685. The predicted molar refractivity (Wildman–Crippen MR) is 84.0 cm³/mol. The summed E-state index contributed by atoms with van der Waals surface area (Å²) in [6.45, 7) is 0. The van der Waals surface area contributed by atoms with E-state index in [1.54, 1.807) is 11.4 Å². The minimum absolute atomic E-state index is 0.0796. The third kappa shape index (κ3) is 3.00. The van der Waals surface area contributed by atoms with Gasteiger partial charge in [0.15, 0.2) is 0 Å². The molecule has 8 heteroatoms. The highest BCUT2D eigenvalue weighted by atomic mass is 35.5. The van der Waals surface area contributed by atoms with E-state index in [9.17, 15) is 14.0 Å². The lowest BCUT2D eigenvalue weighted by Crippen LogP contribution is -2.19. The first-order valence-electron chi connectivity index (χ1n) is 6.24. The predicted octanol–water partition coefficient (Wildman–Crippen LogP) is 2.96. The molecule has 2 aromatic heterocycles. The number of hydrogen-bond donors (Lipinski definition) is 2. The molecule has 0 unspecified atom stereocenters. The molecule has 0 aliphatic rings. The molecule has 2 heterocycles. The molecule has 112 valence electrons. The van der Waals surface area contributed by atoms with Gasteiger partial charge in [0, 0.05) is 5.69 Å². The van der Waals surface area contributed by atoms with Gasteiger partial charge in [0.05, 0.1) is 17.0 Å². The Morgan fingerprint density at radius 2 is 2.23 bits per heavy atom. The zero-order valence-corrected chi connectivity index (χ0v) is 12.6. The number of H-pyrrole nitrogens is 1. The third-order valence-corrected chi connectivity index (χ3v) is 4.09. The standard InChI is InChI=1S/C14H9ClFN3O2S/c15-8-5-7(1-2-9(8)16)17-12(20)6-11-18-10-3-4-22-13(10)14(21)19-11/h1-5H,6H2,(H,17,20)(H,18,19,21). The maximum absolute atomic E-state index is 13.1. The van der Waals surface area contributed by atoms with Crippen molar-refractivity contribution in [2.24, 2.45) is 0 Å². The van der Waals surface area contributed by atoms with Crippen LogP contribution < -0.4 is 10.9 Å². The molecular formula is C14H9ClFN3O2S. The van der Waals surface area contributed by atoms with Crippen LogP contribution in [-0.2, 0) is 11.2 Å². The van der Waals surface area contributed by atoms with Crippen LogP contribution in [0.1, 0.15) is 5.82 Å². The Labute approximate surface area is 132 Å². The number of thiophene rings is 1. The van der Waals surface area contributed by atoms with Gasteiger partial charge in [0.2, 0.25) is 5.91 Å². The second kappa shape index (κ2) is 5.86. The zero-order valence-electron chi connectivity index (χ0n) is 11.0. The van der Waals surface area contributed by atoms with Crippen molar-refractivity contribution in [2.45, 2.75) is 6.42 Å². The smallest absolute Gasteiger partial charge is 0.268 e. The monoisotopic (exact) mass is 337 g/mol. The molecule has 0 aliphatic carbocycles. The number of aromatic nitrogens is 2. The molecule has 5 nitrogen and oxygen atoms in total. The Hall–Kier alpha value is -2.25. The van der Waals surface area contributed by atoms with Crippen LogP contribution in [0.15, 0.2) is 34.4 Å². The number of benzene rings is 1. The van der Waals surface area contributed by atoms with Crippen LogP contribution in [0.3, 0.4) is 0 Å². The Bertz CT molecular complexity index is 922. The molecule has 1 amide bonds. The number of nitrogens with one attached hydrogen (secondary N) is 2. The highest BCUT2D eigenvalue weighted by Gasteiger charge is 2.10. The summed E-state index contributed by atoms with van der Waals surface area (Å²) >= 11 is 6.94. The summed E-state index contributed by atoms with van der Waals surface area (Å²) in [5, 5.41) is 4.25. The fraction of sp³-hybridized carbons (Fsp3) is 0.0714. The van der Waals surface area contributed by atoms with Crippen molar-refractivity contribution < 1.29 is 9.18 Å². The van der Waals surface area contributed by atoms with E-state index in [4.69, 9.17) is 11.6 Å². The number of halogens is 2. The van der Waals surface area contributed by atoms with Crippen LogP contribution >= 0.6 is 22.9 Å². The van der Waals surface area contributed by atoms with Gasteiger partial charge in [-0.15, -0.1) is 11.3 Å². The van der Waals surface area contributed by atoms with Gasteiger partial charge >= 0.3 is 0 Å². The number of hydrogen-bond acceptors (Lipinski definition) is 4. The summed E-state index contributed by atoms with van der Waals surface area (Å²) in [5.41, 5.74) is 0.657. The molecule has 0 bridgehead atoms. The third-order valence-electron chi connectivity index (χ3n) is 2.90. The Morgan fingerprint density at radius 3 is 3.00 bits per heavy atom. The van der Waals surface area contributed by atoms with Gasteiger partial charge in [-0.1, -0.05) is 11.6 Å². The van der Waals surface area contributed by atoms with E-state index in [2.05, 4.69) is 15.3 Å². The number of anilines is 1. The van der Waals surface area contributed by atoms with Crippen LogP contribution in [0.25, 0.3) is 10.2 Å². The van der Waals surface area contributed by atoms with Crippen molar-refractivity contribution in [1.29, 1.82) is 0 Å². The molecule has 2 N–H and O–H groups in total. The van der Waals surface area contributed by atoms with Gasteiger partial charge in [-0.2, -0.15) is 0 Å². The molecular weight excluding hydrogens is 329 g/mol. The van der Waals surface area contributed by atoms with Crippen molar-refractivity contribution in [3.8, 4) is 0 Å². The first kappa shape index (κ1) is 14.7. The summed E-state index contributed by atoms with van der Waals surface area (Å²) in [6.07, 6.45) is -0.101. The van der Waals surface area contributed by atoms with Crippen molar-refractivity contribution in [2.75, 3.05) is 5.32 Å². The van der Waals surface area contributed by atoms with Crippen molar-refractivity contribution in [3.63, 3.8) is 0 Å². The molecule has 0 saturated carbocycles. The second-order valence-corrected chi connectivity index (χ2v) is 5.82. The van der Waals surface area contributed by atoms with E-state index in [1.165, 1.54) is 23.5 Å². The number of aromatic amines is 1. The number of amides is 1. The Balaban J connectivity index is 1.77. The molecule has 0 aliphatic heterocycles. The summed E-state index contributed by atoms with van der Waals surface area (Å²) < 4.78 is 13.6. The van der Waals surface area contributed by atoms with Gasteiger partial charge < -0.3 is 10.3 Å². The summed E-state index contributed by atoms with van der Waals surface area (Å²) in [4.78, 5) is 30.6. The highest BCUT2D eigenvalue weighted by Crippen LogP contribution is 2.19. The maximum Gasteiger partial charge on any atom is 0.268 e. The molecule has 1 aromatic carbocycles. The fourth-order valence-corrected chi connectivity index (χ4v) is 2.84. The highest BCUT2D eigenvalue weighted by molar-refractivity contribution is 7.17. The fourth-order valence-electron chi connectivity index (χ4n) is 1.94. The van der Waals surface area contributed by atoms with Crippen LogP contribution in [0.2, 0.25) is 5.02 Å². The first-order valence-corrected chi connectivity index (χ1v) is 7.50. The molecule has 3 rings (SSSR count). The minimum atomic E-state index is -0.562. The van der Waals surface area contributed by atoms with Crippen molar-refractivity contribution >= 4 is 44.7 Å². The average Bonchev–Trinajstić information content (AvgIpc) is 2.91. The number of carbonyl (C=O) groups is 1. The Kier molecular flexibility index (Phi) is 3.91. The number of fused-ring (bicyclic) bond motifs is 1. The average molecular weight is 338 g/mol. The van der Waals surface area contributed by atoms with Crippen LogP contribution in [0.4, 0.5) is 10.1 Å².